The minimum atomic E-state index is -1.06. The van der Waals surface area contributed by atoms with Gasteiger partial charge in [0, 0.05) is 48.9 Å². The zero-order valence-corrected chi connectivity index (χ0v) is 19.4. The molecule has 0 saturated carbocycles. The molecular formula is C22H20F2LiN7O3S. The molecule has 0 radical (unpaired) electrons. The Hall–Kier alpha value is -3.66. The molecule has 4 aromatic rings. The number of benzene rings is 1. The Morgan fingerprint density at radius 3 is 2.53 bits per heavy atom. The number of likely N-dealkylation sites (N-methyl/N-ethyl adjacent to an activating group) is 1. The summed E-state index contributed by atoms with van der Waals surface area (Å²) in [6.45, 7) is 1.82. The zero-order valence-electron chi connectivity index (χ0n) is 18.5. The molecule has 0 aliphatic carbocycles. The van der Waals surface area contributed by atoms with Crippen LogP contribution in [-0.4, -0.2) is 76.0 Å². The number of thiazole rings is 1. The van der Waals surface area contributed by atoms with Gasteiger partial charge < -0.3 is 15.3 Å². The van der Waals surface area contributed by atoms with Crippen LogP contribution in [0.5, 0.6) is 0 Å². The average molecular weight is 507 g/mol. The van der Waals surface area contributed by atoms with E-state index in [2.05, 4.69) is 30.6 Å². The number of halogens is 2. The summed E-state index contributed by atoms with van der Waals surface area (Å²) in [5.74, 6) is -2.25. The van der Waals surface area contributed by atoms with Crippen molar-refractivity contribution in [3.63, 3.8) is 0 Å². The number of anilines is 2. The second kappa shape index (κ2) is 11.4. The number of carbonyl (C=O) groups excluding carboxylic acids is 1. The number of nitrogens with zero attached hydrogens (tertiary/aromatic N) is 5. The molecule has 3 heterocycles. The summed E-state index contributed by atoms with van der Waals surface area (Å²) in [6.07, 6.45) is 4.09. The van der Waals surface area contributed by atoms with Gasteiger partial charge in [-0.15, -0.1) is 0 Å². The SMILES string of the molecule is CCNC(=O)Nc1nc2c(F)c(-c3cnc(N(C)CC(=O)O)nc3)cc(-c3ncccc3F)c2s1.[LiH]. The van der Waals surface area contributed by atoms with Gasteiger partial charge in [-0.25, -0.2) is 28.5 Å². The Kier molecular flexibility index (Phi) is 8.52. The molecule has 1 aromatic carbocycles. The maximum atomic E-state index is 15.6. The Morgan fingerprint density at radius 1 is 1.17 bits per heavy atom. The maximum absolute atomic E-state index is 15.6. The molecule has 0 aliphatic rings. The van der Waals surface area contributed by atoms with Gasteiger partial charge in [0.15, 0.2) is 10.9 Å². The number of nitrogens with one attached hydrogen (secondary N) is 2. The van der Waals surface area contributed by atoms with Gasteiger partial charge in [-0.3, -0.25) is 15.1 Å². The van der Waals surface area contributed by atoms with Crippen LogP contribution in [0.4, 0.5) is 24.7 Å². The van der Waals surface area contributed by atoms with E-state index in [-0.39, 0.29) is 64.4 Å². The number of fused-ring (bicyclic) bond motifs is 1. The molecule has 3 N–H and O–H groups in total. The predicted octanol–water partition coefficient (Wildman–Crippen LogP) is 3.11. The molecule has 4 rings (SSSR count). The number of rotatable bonds is 7. The standard InChI is InChI=1S/C22H19F2N7O3S.Li.H/c1-3-25-21(34)30-22-29-18-16(24)12(11-8-27-20(28-9-11)31(2)10-15(32)33)7-13(19(18)35-22)17-14(23)5-4-6-26-17;;/h4-9H,3,10H2,1-2H3,(H,32,33)(H2,25,29,30,34);;. The second-order valence-corrected chi connectivity index (χ2v) is 8.32. The van der Waals surface area contributed by atoms with Crippen molar-refractivity contribution in [3.05, 3.63) is 48.4 Å². The molecular weight excluding hydrogens is 487 g/mol. The summed E-state index contributed by atoms with van der Waals surface area (Å²) in [6, 6.07) is 3.60. The molecule has 0 saturated heterocycles. The fraction of sp³-hybridized carbons (Fsp3) is 0.182. The van der Waals surface area contributed by atoms with Crippen LogP contribution in [0.25, 0.3) is 32.6 Å². The van der Waals surface area contributed by atoms with Crippen molar-refractivity contribution < 1.29 is 23.5 Å². The zero-order chi connectivity index (χ0) is 25.1. The van der Waals surface area contributed by atoms with E-state index in [1.807, 2.05) is 0 Å². The van der Waals surface area contributed by atoms with Crippen LogP contribution >= 0.6 is 11.3 Å². The van der Waals surface area contributed by atoms with Crippen molar-refractivity contribution >= 4 is 63.5 Å². The molecule has 0 aliphatic heterocycles. The van der Waals surface area contributed by atoms with Crippen molar-refractivity contribution in [3.8, 4) is 22.4 Å². The predicted molar refractivity (Wildman–Crippen MR) is 135 cm³/mol. The van der Waals surface area contributed by atoms with Crippen LogP contribution in [0.3, 0.4) is 0 Å². The topological polar surface area (TPSA) is 133 Å². The van der Waals surface area contributed by atoms with Crippen LogP contribution in [0, 0.1) is 11.6 Å². The third-order valence-corrected chi connectivity index (χ3v) is 5.84. The van der Waals surface area contributed by atoms with Gasteiger partial charge in [0.1, 0.15) is 23.6 Å². The van der Waals surface area contributed by atoms with Gasteiger partial charge in [0.25, 0.3) is 0 Å². The van der Waals surface area contributed by atoms with Crippen molar-refractivity contribution in [1.82, 2.24) is 25.3 Å². The molecule has 0 atom stereocenters. The molecule has 0 spiro atoms. The van der Waals surface area contributed by atoms with E-state index in [9.17, 15) is 14.0 Å². The van der Waals surface area contributed by atoms with Crippen molar-refractivity contribution in [2.24, 2.45) is 0 Å². The molecule has 14 heteroatoms. The summed E-state index contributed by atoms with van der Waals surface area (Å²) in [7, 11) is 1.51. The fourth-order valence-corrected chi connectivity index (χ4v) is 4.28. The van der Waals surface area contributed by atoms with Gasteiger partial charge in [-0.05, 0) is 25.1 Å². The number of carboxylic acids is 1. The normalized spacial score (nSPS) is 10.6. The third-order valence-electron chi connectivity index (χ3n) is 4.84. The van der Waals surface area contributed by atoms with E-state index in [0.29, 0.717) is 11.2 Å². The van der Waals surface area contributed by atoms with E-state index in [4.69, 9.17) is 5.11 Å². The number of amides is 2. The first-order valence-electron chi connectivity index (χ1n) is 10.3. The summed E-state index contributed by atoms with van der Waals surface area (Å²) in [5, 5.41) is 14.2. The Balaban J connectivity index is 0.00000361. The van der Waals surface area contributed by atoms with Gasteiger partial charge in [0.2, 0.25) is 5.95 Å². The molecule has 182 valence electrons. The van der Waals surface area contributed by atoms with Gasteiger partial charge in [0.05, 0.1) is 4.70 Å². The van der Waals surface area contributed by atoms with Crippen molar-refractivity contribution in [2.75, 3.05) is 30.4 Å². The quantitative estimate of drug-likeness (QED) is 0.325. The molecule has 36 heavy (non-hydrogen) atoms. The summed E-state index contributed by atoms with van der Waals surface area (Å²) in [4.78, 5) is 40.8. The Morgan fingerprint density at radius 2 is 1.89 bits per heavy atom. The van der Waals surface area contributed by atoms with Crippen LogP contribution in [0.1, 0.15) is 6.92 Å². The van der Waals surface area contributed by atoms with Crippen LogP contribution < -0.4 is 15.5 Å². The number of carbonyl (C=O) groups is 2. The first-order valence-corrected chi connectivity index (χ1v) is 11.1. The fourth-order valence-electron chi connectivity index (χ4n) is 3.31. The number of hydrogen-bond donors (Lipinski definition) is 3. The number of urea groups is 1. The van der Waals surface area contributed by atoms with E-state index >= 15 is 4.39 Å². The van der Waals surface area contributed by atoms with Crippen molar-refractivity contribution in [2.45, 2.75) is 6.92 Å². The van der Waals surface area contributed by atoms with Crippen LogP contribution in [0.15, 0.2) is 36.8 Å². The number of pyridine rings is 1. The first kappa shape index (κ1) is 26.9. The van der Waals surface area contributed by atoms with Gasteiger partial charge in [-0.2, -0.15) is 0 Å². The molecule has 3 aromatic heterocycles. The number of hydrogen-bond acceptors (Lipinski definition) is 8. The molecule has 10 nitrogen and oxygen atoms in total. The number of carboxylic acid groups (broad SMARTS) is 1. The molecule has 0 unspecified atom stereocenters. The van der Waals surface area contributed by atoms with E-state index < -0.39 is 23.6 Å². The van der Waals surface area contributed by atoms with Crippen molar-refractivity contribution in [1.29, 1.82) is 0 Å². The van der Waals surface area contributed by atoms with Gasteiger partial charge in [-0.1, -0.05) is 11.3 Å². The summed E-state index contributed by atoms with van der Waals surface area (Å²) >= 11 is 0.988. The Labute approximate surface area is 220 Å². The van der Waals surface area contributed by atoms with Crippen LogP contribution in [0.2, 0.25) is 0 Å². The monoisotopic (exact) mass is 507 g/mol. The van der Waals surface area contributed by atoms with Gasteiger partial charge >= 0.3 is 30.9 Å². The molecule has 0 fully saturated rings. The average Bonchev–Trinajstić information content (AvgIpc) is 3.24. The summed E-state index contributed by atoms with van der Waals surface area (Å²) < 4.78 is 30.6. The van der Waals surface area contributed by atoms with Crippen LogP contribution in [-0.2, 0) is 4.79 Å². The number of aromatic nitrogens is 4. The third kappa shape index (κ3) is 5.59. The Bertz CT molecular complexity index is 1420. The molecule has 2 amide bonds. The number of aliphatic carboxylic acids is 1. The molecule has 0 bridgehead atoms. The summed E-state index contributed by atoms with van der Waals surface area (Å²) in [5.41, 5.74) is 0.501. The minimum absolute atomic E-state index is 0. The van der Waals surface area contributed by atoms with E-state index in [0.717, 1.165) is 11.3 Å². The van der Waals surface area contributed by atoms with E-state index in [1.54, 1.807) is 6.92 Å². The second-order valence-electron chi connectivity index (χ2n) is 7.32. The van der Waals surface area contributed by atoms with E-state index in [1.165, 1.54) is 48.7 Å². The first-order chi connectivity index (χ1) is 16.8.